The molecule has 1 aliphatic heterocycles. The molecule has 0 radical (unpaired) electrons. The highest BCUT2D eigenvalue weighted by Crippen LogP contribution is 2.33. The normalized spacial score (nSPS) is 16.0. The first-order chi connectivity index (χ1) is 16.7. The number of carbonyl (C=O) groups excluding carboxylic acids is 1. The van der Waals surface area contributed by atoms with Crippen LogP contribution in [0, 0.1) is 5.92 Å². The van der Waals surface area contributed by atoms with Crippen LogP contribution in [0.2, 0.25) is 0 Å². The van der Waals surface area contributed by atoms with E-state index in [4.69, 9.17) is 0 Å². The minimum atomic E-state index is -4.51. The molecule has 35 heavy (non-hydrogen) atoms. The molecular formula is C25H29F3N4OS2. The molecule has 4 rings (SSSR count). The van der Waals surface area contributed by atoms with Gasteiger partial charge in [-0.05, 0) is 55.2 Å². The zero-order valence-electron chi connectivity index (χ0n) is 20.0. The zero-order valence-corrected chi connectivity index (χ0v) is 21.6. The summed E-state index contributed by atoms with van der Waals surface area (Å²) < 4.78 is 42.0. The van der Waals surface area contributed by atoms with Gasteiger partial charge in [0, 0.05) is 25.2 Å². The third kappa shape index (κ3) is 6.09. The van der Waals surface area contributed by atoms with Crippen molar-refractivity contribution < 1.29 is 18.0 Å². The van der Waals surface area contributed by atoms with Crippen molar-refractivity contribution in [1.29, 1.82) is 0 Å². The molecule has 0 bridgehead atoms. The molecule has 2 aromatic heterocycles. The second-order valence-electron chi connectivity index (χ2n) is 8.93. The molecule has 0 spiro atoms. The van der Waals surface area contributed by atoms with Crippen LogP contribution in [0.25, 0.3) is 10.2 Å². The number of amides is 1. The number of rotatable bonds is 7. The number of nitrogens with one attached hydrogen (secondary N) is 1. The molecule has 10 heteroatoms. The lowest BCUT2D eigenvalue weighted by molar-refractivity contribution is -0.141. The number of aromatic nitrogens is 2. The van der Waals surface area contributed by atoms with Gasteiger partial charge >= 0.3 is 6.18 Å². The fourth-order valence-electron chi connectivity index (χ4n) is 4.13. The second-order valence-corrected chi connectivity index (χ2v) is 11.5. The molecule has 0 aliphatic carbocycles. The van der Waals surface area contributed by atoms with E-state index >= 15 is 0 Å². The molecule has 5 nitrogen and oxygen atoms in total. The molecule has 1 saturated heterocycles. The van der Waals surface area contributed by atoms with Crippen molar-refractivity contribution in [2.24, 2.45) is 5.92 Å². The fraction of sp³-hybridized carbons (Fsp3) is 0.480. The summed E-state index contributed by atoms with van der Waals surface area (Å²) in [6.07, 6.45) is -2.71. The Morgan fingerprint density at radius 3 is 2.66 bits per heavy atom. The maximum atomic E-state index is 13.3. The number of piperidine rings is 1. The fourth-order valence-corrected chi connectivity index (χ4v) is 6.14. The highest BCUT2D eigenvalue weighted by molar-refractivity contribution is 8.01. The Balaban J connectivity index is 1.50. The van der Waals surface area contributed by atoms with Gasteiger partial charge in [-0.3, -0.25) is 4.79 Å². The van der Waals surface area contributed by atoms with Gasteiger partial charge in [0.05, 0.1) is 16.1 Å². The highest BCUT2D eigenvalue weighted by atomic mass is 32.2. The third-order valence-electron chi connectivity index (χ3n) is 6.34. The van der Waals surface area contributed by atoms with Gasteiger partial charge in [0.15, 0.2) is 4.34 Å². The number of fused-ring (bicyclic) bond motifs is 1. The number of thioether (sulfide) groups is 1. The molecule has 1 unspecified atom stereocenters. The molecule has 3 aromatic rings. The van der Waals surface area contributed by atoms with Crippen LogP contribution in [0.1, 0.15) is 56.4 Å². The summed E-state index contributed by atoms with van der Waals surface area (Å²) in [4.78, 5) is 23.4. The van der Waals surface area contributed by atoms with Crippen LogP contribution in [0.15, 0.2) is 34.7 Å². The third-order valence-corrected chi connectivity index (χ3v) is 8.38. The number of benzene rings is 1. The number of hydrogen-bond acceptors (Lipinski definition) is 6. The first kappa shape index (κ1) is 25.8. The van der Waals surface area contributed by atoms with Gasteiger partial charge in [0.25, 0.3) is 0 Å². The van der Waals surface area contributed by atoms with Gasteiger partial charge in [-0.25, -0.2) is 9.97 Å². The lowest BCUT2D eigenvalue weighted by atomic mass is 9.98. The van der Waals surface area contributed by atoms with E-state index in [0.717, 1.165) is 44.8 Å². The monoisotopic (exact) mass is 522 g/mol. The topological polar surface area (TPSA) is 58.1 Å². The van der Waals surface area contributed by atoms with Crippen molar-refractivity contribution in [1.82, 2.24) is 15.3 Å². The summed E-state index contributed by atoms with van der Waals surface area (Å²) in [6, 6.07) is 8.26. The largest absolute Gasteiger partial charge is 0.433 e. The van der Waals surface area contributed by atoms with Crippen LogP contribution in [0.3, 0.4) is 0 Å². The smallest absolute Gasteiger partial charge is 0.356 e. The molecule has 0 saturated carbocycles. The van der Waals surface area contributed by atoms with E-state index in [-0.39, 0.29) is 12.5 Å². The molecular weight excluding hydrogens is 493 g/mol. The van der Waals surface area contributed by atoms with E-state index in [1.165, 1.54) is 6.07 Å². The standard InChI is InChI=1S/C25H29F3N4OS2/c1-4-34-24-30-19-7-5-17(13-20(19)35-24)16(3)23(33)29-14-18-6-8-21(25(26,27)28)31-22(18)32-11-9-15(2)10-12-32/h5-8,13,15-16H,4,9-12,14H2,1-3H3,(H,29,33). The molecule has 1 N–H and O–H groups in total. The van der Waals surface area contributed by atoms with Gasteiger partial charge in [-0.1, -0.05) is 37.7 Å². The Kier molecular flexibility index (Phi) is 7.90. The average Bonchev–Trinajstić information content (AvgIpc) is 3.23. The molecule has 1 fully saturated rings. The summed E-state index contributed by atoms with van der Waals surface area (Å²) in [6.45, 7) is 7.48. The van der Waals surface area contributed by atoms with E-state index in [0.29, 0.717) is 30.4 Å². The summed E-state index contributed by atoms with van der Waals surface area (Å²) in [7, 11) is 0. The summed E-state index contributed by atoms with van der Waals surface area (Å²) in [5, 5.41) is 2.91. The average molecular weight is 523 g/mol. The zero-order chi connectivity index (χ0) is 25.2. The SMILES string of the molecule is CCSc1nc2ccc(C(C)C(=O)NCc3ccc(C(F)(F)F)nc3N3CCC(C)CC3)cc2s1. The predicted octanol–water partition coefficient (Wildman–Crippen LogP) is 6.48. The van der Waals surface area contributed by atoms with E-state index in [9.17, 15) is 18.0 Å². The van der Waals surface area contributed by atoms with Gasteiger partial charge in [0.2, 0.25) is 5.91 Å². The van der Waals surface area contributed by atoms with Crippen molar-refractivity contribution in [2.45, 2.75) is 56.6 Å². The van der Waals surface area contributed by atoms with Crippen molar-refractivity contribution in [3.8, 4) is 0 Å². The Hall–Kier alpha value is -2.33. The van der Waals surface area contributed by atoms with Crippen LogP contribution >= 0.6 is 23.1 Å². The van der Waals surface area contributed by atoms with Crippen molar-refractivity contribution in [2.75, 3.05) is 23.7 Å². The Bertz CT molecular complexity index is 1190. The minimum Gasteiger partial charge on any atom is -0.356 e. The van der Waals surface area contributed by atoms with Gasteiger partial charge < -0.3 is 10.2 Å². The highest BCUT2D eigenvalue weighted by Gasteiger charge is 2.34. The molecule has 1 aliphatic rings. The number of halogens is 3. The van der Waals surface area contributed by atoms with Crippen LogP contribution in [0.4, 0.5) is 19.0 Å². The molecule has 3 heterocycles. The molecule has 188 valence electrons. The van der Waals surface area contributed by atoms with Crippen LogP contribution in [-0.4, -0.2) is 34.7 Å². The van der Waals surface area contributed by atoms with Crippen molar-refractivity contribution in [3.05, 3.63) is 47.2 Å². The molecule has 1 atom stereocenters. The van der Waals surface area contributed by atoms with Crippen LogP contribution in [-0.2, 0) is 17.5 Å². The van der Waals surface area contributed by atoms with E-state index in [1.54, 1.807) is 23.1 Å². The lowest BCUT2D eigenvalue weighted by Gasteiger charge is -2.33. The summed E-state index contributed by atoms with van der Waals surface area (Å²) in [5.41, 5.74) is 1.47. The molecule has 1 aromatic carbocycles. The number of hydrogen-bond donors (Lipinski definition) is 1. The number of nitrogens with zero attached hydrogens (tertiary/aromatic N) is 3. The Morgan fingerprint density at radius 1 is 1.23 bits per heavy atom. The number of alkyl halides is 3. The number of pyridine rings is 1. The van der Waals surface area contributed by atoms with Gasteiger partial charge in [0.1, 0.15) is 11.5 Å². The van der Waals surface area contributed by atoms with E-state index in [1.807, 2.05) is 30.0 Å². The van der Waals surface area contributed by atoms with Crippen molar-refractivity contribution in [3.63, 3.8) is 0 Å². The predicted molar refractivity (Wildman–Crippen MR) is 136 cm³/mol. The van der Waals surface area contributed by atoms with Gasteiger partial charge in [-0.15, -0.1) is 11.3 Å². The molecule has 1 amide bonds. The Labute approximate surface area is 211 Å². The number of carbonyl (C=O) groups is 1. The van der Waals surface area contributed by atoms with Crippen LogP contribution < -0.4 is 10.2 Å². The van der Waals surface area contributed by atoms with E-state index < -0.39 is 17.8 Å². The first-order valence-corrected chi connectivity index (χ1v) is 13.6. The maximum absolute atomic E-state index is 13.3. The quantitative estimate of drug-likeness (QED) is 0.360. The Morgan fingerprint density at radius 2 is 1.97 bits per heavy atom. The van der Waals surface area contributed by atoms with Crippen LogP contribution in [0.5, 0.6) is 0 Å². The van der Waals surface area contributed by atoms with E-state index in [2.05, 4.69) is 29.1 Å². The summed E-state index contributed by atoms with van der Waals surface area (Å²) in [5.74, 6) is 1.20. The summed E-state index contributed by atoms with van der Waals surface area (Å²) >= 11 is 3.30. The number of thiazole rings is 1. The van der Waals surface area contributed by atoms with Gasteiger partial charge in [-0.2, -0.15) is 13.2 Å². The lowest BCUT2D eigenvalue weighted by Crippen LogP contribution is -2.35. The number of anilines is 1. The second kappa shape index (κ2) is 10.7. The first-order valence-electron chi connectivity index (χ1n) is 11.8. The minimum absolute atomic E-state index is 0.121. The van der Waals surface area contributed by atoms with Crippen molar-refractivity contribution >= 4 is 45.0 Å². The maximum Gasteiger partial charge on any atom is 0.433 e.